The van der Waals surface area contributed by atoms with Gasteiger partial charge in [-0.25, -0.2) is 9.36 Å². The Hall–Kier alpha value is -0.0300. The lowest BCUT2D eigenvalue weighted by Gasteiger charge is -2.26. The molecule has 3 atom stereocenters. The molecule has 0 aliphatic rings. The van der Waals surface area contributed by atoms with Crippen LogP contribution in [0.3, 0.4) is 0 Å². The molecule has 0 heterocycles. The summed E-state index contributed by atoms with van der Waals surface area (Å²) in [5.41, 5.74) is -1.48. The Kier molecular flexibility index (Phi) is 22.4. The van der Waals surface area contributed by atoms with Crippen molar-refractivity contribution in [3.63, 3.8) is 0 Å². The van der Waals surface area contributed by atoms with Crippen molar-refractivity contribution in [1.29, 1.82) is 0 Å². The Labute approximate surface area is 209 Å². The number of rotatable bonds is 25. The molecule has 0 saturated heterocycles. The fraction of sp³-hybridized carbons (Fsp3) is 0.962. The van der Waals surface area contributed by atoms with Crippen molar-refractivity contribution in [2.24, 2.45) is 0 Å². The van der Waals surface area contributed by atoms with E-state index in [1.165, 1.54) is 89.9 Å². The molecule has 7 heteroatoms. The summed E-state index contributed by atoms with van der Waals surface area (Å²) in [6.45, 7) is 8.32. The van der Waals surface area contributed by atoms with E-state index in [0.717, 1.165) is 18.6 Å². The van der Waals surface area contributed by atoms with Gasteiger partial charge in [-0.2, -0.15) is 11.8 Å². The van der Waals surface area contributed by atoms with E-state index in [1.54, 1.807) is 0 Å². The van der Waals surface area contributed by atoms with Crippen LogP contribution in [-0.4, -0.2) is 34.5 Å². The molecule has 0 aliphatic carbocycles. The minimum absolute atomic E-state index is 0.129. The third kappa shape index (κ3) is 18.0. The first-order valence-electron chi connectivity index (χ1n) is 13.7. The second kappa shape index (κ2) is 22.4. The quantitative estimate of drug-likeness (QED) is 0.0976. The minimum Gasteiger partial charge on any atom is -0.472 e. The summed E-state index contributed by atoms with van der Waals surface area (Å²) in [6, 6.07) is 0. The molecule has 198 valence electrons. The summed E-state index contributed by atoms with van der Waals surface area (Å²) in [7, 11) is -4.13. The topological polar surface area (TPSA) is 72.8 Å². The highest BCUT2D eigenvalue weighted by atomic mass is 32.2. The maximum absolute atomic E-state index is 12.7. The predicted octanol–water partition coefficient (Wildman–Crippen LogP) is 10.1. The summed E-state index contributed by atoms with van der Waals surface area (Å²) >= 11 is 1.85. The molecule has 0 aromatic rings. The van der Waals surface area contributed by atoms with E-state index in [0.29, 0.717) is 6.42 Å². The van der Waals surface area contributed by atoms with Crippen LogP contribution in [0.25, 0.3) is 0 Å². The molecular formula is C26H53O5PS. The van der Waals surface area contributed by atoms with Crippen LogP contribution in [0.5, 0.6) is 0 Å². The summed E-state index contributed by atoms with van der Waals surface area (Å²) in [5, 5.41) is 9.57. The lowest BCUT2D eigenvalue weighted by Crippen LogP contribution is -2.25. The first-order valence-corrected chi connectivity index (χ1v) is 16.3. The SMILES string of the molecule is CCCCCCCCCCCSC(CCCCCCCC)C(C)OP(=O)(OCCC)C(=O)O. The van der Waals surface area contributed by atoms with Crippen LogP contribution in [0, 0.1) is 0 Å². The van der Waals surface area contributed by atoms with Crippen molar-refractivity contribution in [2.75, 3.05) is 12.4 Å². The molecule has 0 aromatic carbocycles. The van der Waals surface area contributed by atoms with Gasteiger partial charge in [0.15, 0.2) is 0 Å². The van der Waals surface area contributed by atoms with Gasteiger partial charge in [0.2, 0.25) is 0 Å². The molecule has 0 bridgehead atoms. The molecule has 0 spiro atoms. The largest absolute Gasteiger partial charge is 0.472 e. The average molecular weight is 509 g/mol. The van der Waals surface area contributed by atoms with Gasteiger partial charge in [0, 0.05) is 5.25 Å². The van der Waals surface area contributed by atoms with Crippen LogP contribution in [-0.2, 0) is 13.6 Å². The molecule has 0 aliphatic heterocycles. The van der Waals surface area contributed by atoms with E-state index in [2.05, 4.69) is 13.8 Å². The Balaban J connectivity index is 4.51. The first-order chi connectivity index (χ1) is 15.9. The molecular weight excluding hydrogens is 455 g/mol. The lowest BCUT2D eigenvalue weighted by molar-refractivity contribution is 0.142. The standard InChI is InChI=1S/C26H53O5PS/c1-5-8-10-12-14-15-16-18-20-23-33-25(21-19-17-13-11-9-6-2)24(4)31-32(29,26(27)28)30-22-7-3/h24-25H,5-23H2,1-4H3,(H,27,28). The zero-order valence-electron chi connectivity index (χ0n) is 22.0. The number of thioether (sulfide) groups is 1. The summed E-state index contributed by atoms with van der Waals surface area (Å²) < 4.78 is 23.5. The second-order valence-electron chi connectivity index (χ2n) is 9.22. The third-order valence-electron chi connectivity index (χ3n) is 5.95. The van der Waals surface area contributed by atoms with Crippen molar-refractivity contribution in [1.82, 2.24) is 0 Å². The number of unbranched alkanes of at least 4 members (excludes halogenated alkanes) is 13. The first kappa shape index (κ1) is 33.0. The van der Waals surface area contributed by atoms with E-state index in [-0.39, 0.29) is 11.9 Å². The number of carboxylic acid groups (broad SMARTS) is 1. The molecule has 1 N–H and O–H groups in total. The zero-order chi connectivity index (χ0) is 24.8. The highest BCUT2D eigenvalue weighted by molar-refractivity contribution is 7.99. The van der Waals surface area contributed by atoms with Crippen LogP contribution in [0.4, 0.5) is 4.79 Å². The van der Waals surface area contributed by atoms with Crippen LogP contribution < -0.4 is 0 Å². The molecule has 3 unspecified atom stereocenters. The summed E-state index contributed by atoms with van der Waals surface area (Å²) in [5.74, 6) is 1.04. The Bertz CT molecular complexity index is 503. The van der Waals surface area contributed by atoms with Gasteiger partial charge in [-0.3, -0.25) is 4.52 Å². The Morgan fingerprint density at radius 2 is 1.27 bits per heavy atom. The molecule has 0 fully saturated rings. The van der Waals surface area contributed by atoms with Gasteiger partial charge >= 0.3 is 13.3 Å². The van der Waals surface area contributed by atoms with Crippen molar-refractivity contribution in [2.45, 2.75) is 148 Å². The molecule has 0 aromatic heterocycles. The van der Waals surface area contributed by atoms with Crippen LogP contribution in [0.15, 0.2) is 0 Å². The molecule has 5 nitrogen and oxygen atoms in total. The zero-order valence-corrected chi connectivity index (χ0v) is 23.7. The lowest BCUT2D eigenvalue weighted by atomic mass is 10.1. The van der Waals surface area contributed by atoms with E-state index in [9.17, 15) is 14.5 Å². The second-order valence-corrected chi connectivity index (χ2v) is 12.4. The normalized spacial score (nSPS) is 15.3. The number of hydrogen-bond donors (Lipinski definition) is 1. The fourth-order valence-electron chi connectivity index (χ4n) is 3.86. The molecule has 0 rings (SSSR count). The van der Waals surface area contributed by atoms with Gasteiger partial charge in [-0.05, 0) is 31.9 Å². The smallest absolute Gasteiger partial charge is 0.438 e. The van der Waals surface area contributed by atoms with Gasteiger partial charge in [0.1, 0.15) is 0 Å². The number of hydrogen-bond acceptors (Lipinski definition) is 5. The maximum atomic E-state index is 12.7. The van der Waals surface area contributed by atoms with Gasteiger partial charge < -0.3 is 9.63 Å². The van der Waals surface area contributed by atoms with Crippen LogP contribution in [0.1, 0.15) is 137 Å². The van der Waals surface area contributed by atoms with Crippen LogP contribution >= 0.6 is 19.4 Å². The van der Waals surface area contributed by atoms with Gasteiger partial charge in [-0.15, -0.1) is 0 Å². The van der Waals surface area contributed by atoms with Crippen molar-refractivity contribution < 1.29 is 23.5 Å². The average Bonchev–Trinajstić information content (AvgIpc) is 2.79. The molecule has 33 heavy (non-hydrogen) atoms. The van der Waals surface area contributed by atoms with Crippen molar-refractivity contribution in [3.05, 3.63) is 0 Å². The maximum Gasteiger partial charge on any atom is 0.438 e. The number of carbonyl (C=O) groups is 1. The Morgan fingerprint density at radius 1 is 0.788 bits per heavy atom. The fourth-order valence-corrected chi connectivity index (χ4v) is 6.54. The van der Waals surface area contributed by atoms with E-state index < -0.39 is 19.4 Å². The Morgan fingerprint density at radius 3 is 1.76 bits per heavy atom. The monoisotopic (exact) mass is 508 g/mol. The molecule has 0 amide bonds. The van der Waals surface area contributed by atoms with E-state index in [4.69, 9.17) is 9.05 Å². The highest BCUT2D eigenvalue weighted by Crippen LogP contribution is 2.51. The van der Waals surface area contributed by atoms with E-state index >= 15 is 0 Å². The van der Waals surface area contributed by atoms with Gasteiger partial charge in [0.25, 0.3) is 0 Å². The molecule has 0 saturated carbocycles. The summed E-state index contributed by atoms with van der Waals surface area (Å²) in [4.78, 5) is 11.6. The molecule has 0 radical (unpaired) electrons. The predicted molar refractivity (Wildman–Crippen MR) is 144 cm³/mol. The van der Waals surface area contributed by atoms with Gasteiger partial charge in [-0.1, -0.05) is 111 Å². The summed E-state index contributed by atoms with van der Waals surface area (Å²) in [6.07, 6.45) is 20.2. The highest BCUT2D eigenvalue weighted by Gasteiger charge is 2.38. The van der Waals surface area contributed by atoms with Crippen LogP contribution in [0.2, 0.25) is 0 Å². The van der Waals surface area contributed by atoms with Gasteiger partial charge in [0.05, 0.1) is 12.7 Å². The van der Waals surface area contributed by atoms with E-state index in [1.807, 2.05) is 25.6 Å². The van der Waals surface area contributed by atoms with Crippen molar-refractivity contribution >= 4 is 25.1 Å². The third-order valence-corrected chi connectivity index (χ3v) is 9.12. The van der Waals surface area contributed by atoms with Crippen molar-refractivity contribution in [3.8, 4) is 0 Å². The minimum atomic E-state index is -4.13.